The molecule has 0 amide bonds. The topological polar surface area (TPSA) is 45.8 Å². The third kappa shape index (κ3) is 3.06. The number of aromatic amines is 1. The molecule has 1 N–H and O–H groups in total. The molecule has 0 bridgehead atoms. The minimum Gasteiger partial charge on any atom is -0.287 e. The fourth-order valence-electron chi connectivity index (χ4n) is 1.68. The van der Waals surface area contributed by atoms with Crippen molar-refractivity contribution in [3.05, 3.63) is 52.8 Å². The zero-order chi connectivity index (χ0) is 15.8. The van der Waals surface area contributed by atoms with Crippen molar-refractivity contribution in [2.24, 2.45) is 0 Å². The first-order chi connectivity index (χ1) is 9.60. The number of nitrogens with zero attached hydrogens (tertiary/aromatic N) is 1. The van der Waals surface area contributed by atoms with Crippen molar-refractivity contribution in [2.45, 2.75) is 12.4 Å². The van der Waals surface area contributed by atoms with Gasteiger partial charge in [0.05, 0.1) is 11.1 Å². The van der Waals surface area contributed by atoms with Crippen molar-refractivity contribution >= 4 is 5.78 Å². The summed E-state index contributed by atoms with van der Waals surface area (Å²) in [6.07, 6.45) is -8.88. The molecule has 9 heteroatoms. The molecule has 2 rings (SSSR count). The van der Waals surface area contributed by atoms with Crippen LogP contribution in [-0.4, -0.2) is 16.0 Å². The molecule has 3 nitrogen and oxygen atoms in total. The van der Waals surface area contributed by atoms with Crippen LogP contribution in [0.25, 0.3) is 0 Å². The zero-order valence-electron chi connectivity index (χ0n) is 10.0. The third-order valence-corrected chi connectivity index (χ3v) is 2.64. The van der Waals surface area contributed by atoms with Crippen LogP contribution >= 0.6 is 0 Å². The molecule has 1 aromatic heterocycles. The number of hydrogen-bond donors (Lipinski definition) is 1. The monoisotopic (exact) mass is 308 g/mol. The highest BCUT2D eigenvalue weighted by molar-refractivity contribution is 6.08. The Bertz CT molecular complexity index is 657. The average molecular weight is 308 g/mol. The lowest BCUT2D eigenvalue weighted by Crippen LogP contribution is -2.16. The number of H-pyrrole nitrogens is 1. The number of halogens is 6. The van der Waals surface area contributed by atoms with Gasteiger partial charge in [-0.05, 0) is 24.3 Å². The molecule has 1 aromatic carbocycles. The molecule has 112 valence electrons. The van der Waals surface area contributed by atoms with Crippen molar-refractivity contribution in [1.29, 1.82) is 0 Å². The van der Waals surface area contributed by atoms with Crippen molar-refractivity contribution in [3.8, 4) is 0 Å². The van der Waals surface area contributed by atoms with Gasteiger partial charge in [-0.25, -0.2) is 0 Å². The van der Waals surface area contributed by atoms with Crippen LogP contribution in [0.3, 0.4) is 0 Å². The van der Waals surface area contributed by atoms with E-state index in [1.165, 1.54) is 0 Å². The van der Waals surface area contributed by atoms with E-state index in [2.05, 4.69) is 10.2 Å². The number of carbonyl (C=O) groups excluding carboxylic acids is 1. The molecular formula is C12H6F6N2O. The van der Waals surface area contributed by atoms with Gasteiger partial charge < -0.3 is 0 Å². The molecule has 0 aliphatic heterocycles. The maximum atomic E-state index is 12.9. The van der Waals surface area contributed by atoms with Crippen molar-refractivity contribution in [3.63, 3.8) is 0 Å². The summed E-state index contributed by atoms with van der Waals surface area (Å²) in [5.74, 6) is -1.09. The van der Waals surface area contributed by atoms with Crippen LogP contribution in [0.5, 0.6) is 0 Å². The zero-order valence-corrected chi connectivity index (χ0v) is 10.0. The van der Waals surface area contributed by atoms with E-state index < -0.39 is 34.8 Å². The van der Waals surface area contributed by atoms with Crippen LogP contribution in [0.4, 0.5) is 26.3 Å². The number of ketones is 1. The summed E-state index contributed by atoms with van der Waals surface area (Å²) in [4.78, 5) is 11.9. The van der Waals surface area contributed by atoms with Gasteiger partial charge in [-0.2, -0.15) is 31.4 Å². The first kappa shape index (κ1) is 15.1. The maximum Gasteiger partial charge on any atom is 0.417 e. The quantitative estimate of drug-likeness (QED) is 0.679. The van der Waals surface area contributed by atoms with Gasteiger partial charge in [0.1, 0.15) is 5.69 Å². The van der Waals surface area contributed by atoms with E-state index in [1.54, 1.807) is 0 Å². The van der Waals surface area contributed by atoms with E-state index in [-0.39, 0.29) is 11.8 Å². The third-order valence-electron chi connectivity index (χ3n) is 2.64. The molecule has 2 aromatic rings. The minimum atomic E-state index is -5.09. The van der Waals surface area contributed by atoms with Gasteiger partial charge in [-0.15, -0.1) is 0 Å². The van der Waals surface area contributed by atoms with Crippen molar-refractivity contribution in [1.82, 2.24) is 10.2 Å². The number of carbonyl (C=O) groups is 1. The lowest BCUT2D eigenvalue weighted by molar-refractivity contribution is -0.143. The van der Waals surface area contributed by atoms with Gasteiger partial charge in [0.15, 0.2) is 0 Å². The maximum absolute atomic E-state index is 12.9. The summed E-state index contributed by atoms with van der Waals surface area (Å²) < 4.78 is 76.1. The van der Waals surface area contributed by atoms with E-state index in [1.807, 2.05) is 0 Å². The summed E-state index contributed by atoms with van der Waals surface area (Å²) in [5, 5.41) is 5.58. The second-order valence-corrected chi connectivity index (χ2v) is 4.06. The molecular weight excluding hydrogens is 302 g/mol. The van der Waals surface area contributed by atoms with Gasteiger partial charge in [0.25, 0.3) is 0 Å². The van der Waals surface area contributed by atoms with E-state index in [9.17, 15) is 31.1 Å². The Morgan fingerprint density at radius 2 is 1.67 bits per heavy atom. The Balaban J connectivity index is 2.59. The van der Waals surface area contributed by atoms with Crippen LogP contribution in [-0.2, 0) is 12.4 Å². The van der Waals surface area contributed by atoms with E-state index in [4.69, 9.17) is 0 Å². The molecule has 0 aliphatic carbocycles. The number of aromatic nitrogens is 2. The number of nitrogens with one attached hydrogen (secondary N) is 1. The highest BCUT2D eigenvalue weighted by Gasteiger charge is 2.39. The summed E-state index contributed by atoms with van der Waals surface area (Å²) in [7, 11) is 0. The first-order valence-electron chi connectivity index (χ1n) is 5.43. The van der Waals surface area contributed by atoms with Gasteiger partial charge in [0.2, 0.25) is 5.78 Å². The van der Waals surface area contributed by atoms with Gasteiger partial charge in [-0.1, -0.05) is 0 Å². The number of rotatable bonds is 2. The van der Waals surface area contributed by atoms with E-state index in [0.717, 1.165) is 12.3 Å². The molecule has 0 fully saturated rings. The largest absolute Gasteiger partial charge is 0.417 e. The average Bonchev–Trinajstić information content (AvgIpc) is 2.89. The number of alkyl halides is 6. The molecule has 0 saturated carbocycles. The van der Waals surface area contributed by atoms with Crippen molar-refractivity contribution < 1.29 is 31.1 Å². The molecule has 21 heavy (non-hydrogen) atoms. The summed E-state index contributed by atoms with van der Waals surface area (Å²) >= 11 is 0. The minimum absolute atomic E-state index is 0.0798. The Hall–Kier alpha value is -2.32. The SMILES string of the molecule is O=C(c1ccn[nH]1)c1ccc(C(F)(F)F)cc1C(F)(F)F. The Morgan fingerprint density at radius 1 is 1.00 bits per heavy atom. The molecule has 1 heterocycles. The normalized spacial score (nSPS) is 12.5. The Labute approximate surface area is 113 Å². The van der Waals surface area contributed by atoms with Crippen molar-refractivity contribution in [2.75, 3.05) is 0 Å². The van der Waals surface area contributed by atoms with Gasteiger partial charge in [-0.3, -0.25) is 9.89 Å². The number of benzene rings is 1. The highest BCUT2D eigenvalue weighted by atomic mass is 19.4. The number of hydrogen-bond acceptors (Lipinski definition) is 2. The molecule has 0 saturated heterocycles. The van der Waals surface area contributed by atoms with Gasteiger partial charge >= 0.3 is 12.4 Å². The van der Waals surface area contributed by atoms with Crippen LogP contribution in [0.1, 0.15) is 27.2 Å². The molecule has 0 radical (unpaired) electrons. The van der Waals surface area contributed by atoms with Crippen LogP contribution < -0.4 is 0 Å². The smallest absolute Gasteiger partial charge is 0.287 e. The fraction of sp³-hybridized carbons (Fsp3) is 0.167. The summed E-state index contributed by atoms with van der Waals surface area (Å²) in [6.45, 7) is 0. The lowest BCUT2D eigenvalue weighted by Gasteiger charge is -2.14. The van der Waals surface area contributed by atoms with Crippen LogP contribution in [0, 0.1) is 0 Å². The van der Waals surface area contributed by atoms with Crippen LogP contribution in [0.15, 0.2) is 30.5 Å². The van der Waals surface area contributed by atoms with Crippen LogP contribution in [0.2, 0.25) is 0 Å². The lowest BCUT2D eigenvalue weighted by atomic mass is 9.98. The summed E-state index contributed by atoms with van der Waals surface area (Å²) in [6, 6.07) is 1.98. The Kier molecular flexibility index (Phi) is 3.52. The predicted octanol–water partition coefficient (Wildman–Crippen LogP) is 3.68. The highest BCUT2D eigenvalue weighted by Crippen LogP contribution is 2.37. The molecule has 0 atom stereocenters. The molecule has 0 spiro atoms. The molecule has 0 aliphatic rings. The summed E-state index contributed by atoms with van der Waals surface area (Å²) in [5.41, 5.74) is -4.24. The first-order valence-corrected chi connectivity index (χ1v) is 5.43. The standard InChI is InChI=1S/C12H6F6N2O/c13-11(14,15)6-1-2-7(8(5-6)12(16,17)18)10(21)9-3-4-19-20-9/h1-5H,(H,19,20). The second kappa shape index (κ2) is 4.90. The van der Waals surface area contributed by atoms with E-state index in [0.29, 0.717) is 12.1 Å². The molecule has 0 unspecified atom stereocenters. The fourth-order valence-corrected chi connectivity index (χ4v) is 1.68. The predicted molar refractivity (Wildman–Crippen MR) is 58.5 cm³/mol. The van der Waals surface area contributed by atoms with Gasteiger partial charge in [0, 0.05) is 11.8 Å². The second-order valence-electron chi connectivity index (χ2n) is 4.06. The Morgan fingerprint density at radius 3 is 2.14 bits per heavy atom. The van der Waals surface area contributed by atoms with E-state index >= 15 is 0 Å².